The van der Waals surface area contributed by atoms with Crippen molar-refractivity contribution in [2.75, 3.05) is 0 Å². The summed E-state index contributed by atoms with van der Waals surface area (Å²) < 4.78 is 0. The van der Waals surface area contributed by atoms with Crippen molar-refractivity contribution in [3.63, 3.8) is 0 Å². The predicted octanol–water partition coefficient (Wildman–Crippen LogP) is 1.87. The highest BCUT2D eigenvalue weighted by Gasteiger charge is 2.39. The molecule has 0 bridgehead atoms. The van der Waals surface area contributed by atoms with Crippen LogP contribution in [0, 0.1) is 0 Å². The Bertz CT molecular complexity index is 740. The van der Waals surface area contributed by atoms with E-state index < -0.39 is 6.04 Å². The molecular formula is C20H25N3O3. The fourth-order valence-electron chi connectivity index (χ4n) is 4.31. The maximum Gasteiger partial charge on any atom is 0.255 e. The molecule has 26 heavy (non-hydrogen) atoms. The third kappa shape index (κ3) is 3.38. The Kier molecular flexibility index (Phi) is 4.76. The van der Waals surface area contributed by atoms with E-state index in [4.69, 9.17) is 0 Å². The lowest BCUT2D eigenvalue weighted by Crippen LogP contribution is -2.52. The van der Waals surface area contributed by atoms with Crippen LogP contribution in [0.5, 0.6) is 0 Å². The van der Waals surface area contributed by atoms with Crippen molar-refractivity contribution in [3.8, 4) is 0 Å². The lowest BCUT2D eigenvalue weighted by molar-refractivity contribution is -0.136. The fraction of sp³-hybridized carbons (Fsp3) is 0.550. The van der Waals surface area contributed by atoms with Gasteiger partial charge in [0, 0.05) is 31.1 Å². The normalized spacial score (nSPS) is 23.9. The quantitative estimate of drug-likeness (QED) is 0.808. The van der Waals surface area contributed by atoms with Gasteiger partial charge in [-0.15, -0.1) is 0 Å². The van der Waals surface area contributed by atoms with Crippen molar-refractivity contribution in [1.82, 2.24) is 15.5 Å². The second-order valence-corrected chi connectivity index (χ2v) is 7.61. The molecule has 6 nitrogen and oxygen atoms in total. The van der Waals surface area contributed by atoms with Crippen LogP contribution in [0.1, 0.15) is 66.4 Å². The van der Waals surface area contributed by atoms with Crippen molar-refractivity contribution in [2.45, 2.75) is 70.1 Å². The predicted molar refractivity (Wildman–Crippen MR) is 96.2 cm³/mol. The topological polar surface area (TPSA) is 78.5 Å². The van der Waals surface area contributed by atoms with Crippen LogP contribution in [0.4, 0.5) is 0 Å². The van der Waals surface area contributed by atoms with E-state index >= 15 is 0 Å². The number of nitrogens with one attached hydrogen (secondary N) is 2. The average Bonchev–Trinajstić information content (AvgIpc) is 2.97. The molecule has 1 saturated heterocycles. The fourth-order valence-corrected chi connectivity index (χ4v) is 4.31. The number of carbonyl (C=O) groups excluding carboxylic acids is 3. The molecule has 1 saturated carbocycles. The van der Waals surface area contributed by atoms with Gasteiger partial charge in [-0.1, -0.05) is 31.4 Å². The van der Waals surface area contributed by atoms with Gasteiger partial charge in [-0.05, 0) is 36.5 Å². The highest BCUT2D eigenvalue weighted by molar-refractivity contribution is 6.05. The number of hydrogen-bond acceptors (Lipinski definition) is 4. The molecule has 6 heteroatoms. The van der Waals surface area contributed by atoms with E-state index in [1.165, 1.54) is 37.7 Å². The first-order valence-electron chi connectivity index (χ1n) is 9.61. The van der Waals surface area contributed by atoms with E-state index in [0.717, 1.165) is 12.1 Å². The third-order valence-corrected chi connectivity index (χ3v) is 5.79. The molecule has 2 N–H and O–H groups in total. The molecule has 3 aliphatic rings. The Morgan fingerprint density at radius 3 is 2.65 bits per heavy atom. The smallest absolute Gasteiger partial charge is 0.255 e. The molecule has 0 spiro atoms. The van der Waals surface area contributed by atoms with Gasteiger partial charge in [-0.25, -0.2) is 0 Å². The minimum Gasteiger partial charge on any atom is -0.322 e. The van der Waals surface area contributed by atoms with E-state index in [1.807, 2.05) is 12.1 Å². The summed E-state index contributed by atoms with van der Waals surface area (Å²) in [6, 6.07) is 6.01. The summed E-state index contributed by atoms with van der Waals surface area (Å²) in [5.74, 6) is -0.727. The van der Waals surface area contributed by atoms with Crippen LogP contribution >= 0.6 is 0 Å². The average molecular weight is 355 g/mol. The number of imide groups is 1. The number of benzene rings is 1. The van der Waals surface area contributed by atoms with Crippen molar-refractivity contribution < 1.29 is 14.4 Å². The minimum atomic E-state index is -0.545. The summed E-state index contributed by atoms with van der Waals surface area (Å²) >= 11 is 0. The van der Waals surface area contributed by atoms with Gasteiger partial charge in [0.2, 0.25) is 11.8 Å². The van der Waals surface area contributed by atoms with Crippen molar-refractivity contribution in [2.24, 2.45) is 0 Å². The van der Waals surface area contributed by atoms with Crippen molar-refractivity contribution in [1.29, 1.82) is 0 Å². The first-order valence-corrected chi connectivity index (χ1v) is 9.61. The molecule has 0 aromatic heterocycles. The standard InChI is InChI=1S/C20H25N3O3/c24-18-9-8-17(19(25)22-18)23-12-14-10-13(6-7-16(14)20(23)26)11-21-15-4-2-1-3-5-15/h6-7,10,15,17,21H,1-5,8-9,11-12H2,(H,22,24,25). The zero-order valence-electron chi connectivity index (χ0n) is 14.9. The van der Waals surface area contributed by atoms with Gasteiger partial charge < -0.3 is 10.2 Å². The largest absolute Gasteiger partial charge is 0.322 e. The highest BCUT2D eigenvalue weighted by atomic mass is 16.2. The first-order chi connectivity index (χ1) is 12.6. The van der Waals surface area contributed by atoms with Gasteiger partial charge in [0.05, 0.1) is 0 Å². The SMILES string of the molecule is O=C1CCC(N2Cc3cc(CNC4CCCCC4)ccc3C2=O)C(=O)N1. The van der Waals surface area contributed by atoms with E-state index in [9.17, 15) is 14.4 Å². The molecule has 4 rings (SSSR count). The summed E-state index contributed by atoms with van der Waals surface area (Å²) in [5.41, 5.74) is 2.83. The number of carbonyl (C=O) groups is 3. The second kappa shape index (κ2) is 7.19. The van der Waals surface area contributed by atoms with E-state index in [1.54, 1.807) is 4.90 Å². The van der Waals surface area contributed by atoms with Gasteiger partial charge in [-0.2, -0.15) is 0 Å². The Labute approximate surface area is 153 Å². The highest BCUT2D eigenvalue weighted by Crippen LogP contribution is 2.28. The zero-order chi connectivity index (χ0) is 18.1. The second-order valence-electron chi connectivity index (χ2n) is 7.61. The molecule has 1 aliphatic carbocycles. The van der Waals surface area contributed by atoms with Gasteiger partial charge >= 0.3 is 0 Å². The van der Waals surface area contributed by atoms with Crippen molar-refractivity contribution >= 4 is 17.7 Å². The minimum absolute atomic E-state index is 0.110. The molecular weight excluding hydrogens is 330 g/mol. The lowest BCUT2D eigenvalue weighted by Gasteiger charge is -2.29. The molecule has 2 heterocycles. The summed E-state index contributed by atoms with van der Waals surface area (Å²) in [6.45, 7) is 1.25. The van der Waals surface area contributed by atoms with Crippen LogP contribution < -0.4 is 10.6 Å². The molecule has 1 aromatic rings. The Morgan fingerprint density at radius 1 is 1.08 bits per heavy atom. The van der Waals surface area contributed by atoms with Crippen LogP contribution in [-0.2, 0) is 22.7 Å². The van der Waals surface area contributed by atoms with Gasteiger partial charge in [0.25, 0.3) is 5.91 Å². The summed E-state index contributed by atoms with van der Waals surface area (Å²) in [5, 5.41) is 5.97. The number of hydrogen-bond donors (Lipinski definition) is 2. The van der Waals surface area contributed by atoms with Crippen LogP contribution in [0.2, 0.25) is 0 Å². The third-order valence-electron chi connectivity index (χ3n) is 5.79. The first kappa shape index (κ1) is 17.2. The Hall–Kier alpha value is -2.21. The van der Waals surface area contributed by atoms with E-state index in [2.05, 4.69) is 16.7 Å². The molecule has 1 aromatic carbocycles. The number of amides is 3. The molecule has 2 aliphatic heterocycles. The number of rotatable bonds is 4. The lowest BCUT2D eigenvalue weighted by atomic mass is 9.95. The Morgan fingerprint density at radius 2 is 1.88 bits per heavy atom. The van der Waals surface area contributed by atoms with E-state index in [-0.39, 0.29) is 24.1 Å². The maximum absolute atomic E-state index is 12.7. The van der Waals surface area contributed by atoms with Crippen molar-refractivity contribution in [3.05, 3.63) is 34.9 Å². The van der Waals surface area contributed by atoms with Crippen LogP contribution in [0.25, 0.3) is 0 Å². The van der Waals surface area contributed by atoms with Crippen LogP contribution in [0.15, 0.2) is 18.2 Å². The monoisotopic (exact) mass is 355 g/mol. The molecule has 0 radical (unpaired) electrons. The zero-order valence-corrected chi connectivity index (χ0v) is 14.9. The summed E-state index contributed by atoms with van der Waals surface area (Å²) in [6.07, 6.45) is 7.12. The van der Waals surface area contributed by atoms with Crippen LogP contribution in [-0.4, -0.2) is 34.7 Å². The summed E-state index contributed by atoms with van der Waals surface area (Å²) in [4.78, 5) is 37.7. The Balaban J connectivity index is 1.43. The van der Waals surface area contributed by atoms with Crippen LogP contribution in [0.3, 0.4) is 0 Å². The number of fused-ring (bicyclic) bond motifs is 1. The van der Waals surface area contributed by atoms with Gasteiger partial charge in [0.1, 0.15) is 6.04 Å². The van der Waals surface area contributed by atoms with Gasteiger partial charge in [0.15, 0.2) is 0 Å². The molecule has 138 valence electrons. The van der Waals surface area contributed by atoms with Gasteiger partial charge in [-0.3, -0.25) is 19.7 Å². The number of nitrogens with zero attached hydrogens (tertiary/aromatic N) is 1. The molecule has 2 fully saturated rings. The van der Waals surface area contributed by atoms with E-state index in [0.29, 0.717) is 24.6 Å². The molecule has 1 unspecified atom stereocenters. The summed E-state index contributed by atoms with van der Waals surface area (Å²) in [7, 11) is 0. The molecule has 3 amide bonds. The maximum atomic E-state index is 12.7. The number of piperidine rings is 1. The molecule has 1 atom stereocenters.